The van der Waals surface area contributed by atoms with E-state index in [-0.39, 0.29) is 0 Å². The lowest BCUT2D eigenvalue weighted by molar-refractivity contribution is 1.06. The maximum Gasteiger partial charge on any atom is 0.00278 e. The van der Waals surface area contributed by atoms with Crippen LogP contribution in [-0.4, -0.2) is 7.05 Å². The first kappa shape index (κ1) is 6.14. The molecule has 1 aliphatic rings. The first-order chi connectivity index (χ1) is 4.43. The molecule has 1 nitrogen and oxygen atoms in total. The third-order valence-electron chi connectivity index (χ3n) is 1.24. The summed E-state index contributed by atoms with van der Waals surface area (Å²) in [7, 11) is 1.92. The van der Waals surface area contributed by atoms with Gasteiger partial charge in [0.1, 0.15) is 0 Å². The van der Waals surface area contributed by atoms with Gasteiger partial charge in [-0.3, -0.25) is 0 Å². The molecular formula is C8H11N. The number of hydrogen-bond acceptors (Lipinski definition) is 1. The molecule has 0 spiro atoms. The SMILES string of the molecule is CN/C=C1/C=CC=CC1. The minimum Gasteiger partial charge on any atom is -0.394 e. The summed E-state index contributed by atoms with van der Waals surface area (Å²) in [4.78, 5) is 0. The van der Waals surface area contributed by atoms with Crippen LogP contribution < -0.4 is 5.32 Å². The molecule has 1 heteroatoms. The van der Waals surface area contributed by atoms with Gasteiger partial charge in [-0.15, -0.1) is 0 Å². The molecule has 0 fully saturated rings. The van der Waals surface area contributed by atoms with Gasteiger partial charge in [0.2, 0.25) is 0 Å². The van der Waals surface area contributed by atoms with Crippen LogP contribution >= 0.6 is 0 Å². The van der Waals surface area contributed by atoms with Gasteiger partial charge in [0.25, 0.3) is 0 Å². The highest BCUT2D eigenvalue weighted by molar-refractivity contribution is 5.28. The maximum atomic E-state index is 2.99. The fourth-order valence-corrected chi connectivity index (χ4v) is 0.822. The molecule has 1 rings (SSSR count). The lowest BCUT2D eigenvalue weighted by Crippen LogP contribution is -1.95. The summed E-state index contributed by atoms with van der Waals surface area (Å²) in [5, 5.41) is 2.99. The predicted molar refractivity (Wildman–Crippen MR) is 40.0 cm³/mol. The van der Waals surface area contributed by atoms with Gasteiger partial charge >= 0.3 is 0 Å². The Bertz CT molecular complexity index is 163. The molecule has 0 saturated carbocycles. The third kappa shape index (κ3) is 1.76. The summed E-state index contributed by atoms with van der Waals surface area (Å²) in [5.74, 6) is 0. The van der Waals surface area contributed by atoms with E-state index in [9.17, 15) is 0 Å². The van der Waals surface area contributed by atoms with Crippen LogP contribution in [-0.2, 0) is 0 Å². The Hall–Kier alpha value is -0.980. The van der Waals surface area contributed by atoms with Crippen LogP contribution in [0.5, 0.6) is 0 Å². The van der Waals surface area contributed by atoms with Crippen molar-refractivity contribution < 1.29 is 0 Å². The summed E-state index contributed by atoms with van der Waals surface area (Å²) >= 11 is 0. The fourth-order valence-electron chi connectivity index (χ4n) is 0.822. The van der Waals surface area contributed by atoms with Crippen LogP contribution in [0.3, 0.4) is 0 Å². The van der Waals surface area contributed by atoms with E-state index >= 15 is 0 Å². The summed E-state index contributed by atoms with van der Waals surface area (Å²) < 4.78 is 0. The van der Waals surface area contributed by atoms with Crippen molar-refractivity contribution in [3.05, 3.63) is 36.1 Å². The summed E-state index contributed by atoms with van der Waals surface area (Å²) in [6.45, 7) is 0. The van der Waals surface area contributed by atoms with Crippen molar-refractivity contribution in [2.45, 2.75) is 6.42 Å². The van der Waals surface area contributed by atoms with E-state index in [1.807, 2.05) is 19.3 Å². The van der Waals surface area contributed by atoms with Gasteiger partial charge in [0.15, 0.2) is 0 Å². The highest BCUT2D eigenvalue weighted by atomic mass is 14.8. The second kappa shape index (κ2) is 3.13. The molecule has 0 unspecified atom stereocenters. The Morgan fingerprint density at radius 1 is 1.56 bits per heavy atom. The van der Waals surface area contributed by atoms with E-state index in [2.05, 4.69) is 23.5 Å². The third-order valence-corrected chi connectivity index (χ3v) is 1.24. The smallest absolute Gasteiger partial charge is 0.00278 e. The monoisotopic (exact) mass is 121 g/mol. The normalized spacial score (nSPS) is 20.8. The Morgan fingerprint density at radius 3 is 3.00 bits per heavy atom. The molecule has 1 N–H and O–H groups in total. The Morgan fingerprint density at radius 2 is 2.44 bits per heavy atom. The topological polar surface area (TPSA) is 12.0 Å². The van der Waals surface area contributed by atoms with Gasteiger partial charge < -0.3 is 5.32 Å². The van der Waals surface area contributed by atoms with Crippen molar-refractivity contribution >= 4 is 0 Å². The van der Waals surface area contributed by atoms with E-state index in [1.54, 1.807) is 0 Å². The van der Waals surface area contributed by atoms with Crippen molar-refractivity contribution in [3.63, 3.8) is 0 Å². The molecule has 9 heavy (non-hydrogen) atoms. The Labute approximate surface area is 55.8 Å². The van der Waals surface area contributed by atoms with Crippen LogP contribution in [0.25, 0.3) is 0 Å². The maximum absolute atomic E-state index is 2.99. The minimum absolute atomic E-state index is 1.05. The zero-order valence-corrected chi connectivity index (χ0v) is 5.59. The molecular weight excluding hydrogens is 110 g/mol. The summed E-state index contributed by atoms with van der Waals surface area (Å²) in [6.07, 6.45) is 11.4. The van der Waals surface area contributed by atoms with E-state index in [0.717, 1.165) is 6.42 Å². The van der Waals surface area contributed by atoms with Gasteiger partial charge in [0.05, 0.1) is 0 Å². The standard InChI is InChI=1S/C8H11N/c1-9-7-8-5-3-2-4-6-8/h2-5,7,9H,6H2,1H3/b8-7-. The number of allylic oxidation sites excluding steroid dienone is 5. The largest absolute Gasteiger partial charge is 0.394 e. The quantitative estimate of drug-likeness (QED) is 0.555. The molecule has 0 aliphatic heterocycles. The van der Waals surface area contributed by atoms with E-state index in [1.165, 1.54) is 5.57 Å². The molecule has 0 atom stereocenters. The Kier molecular flexibility index (Phi) is 2.13. The van der Waals surface area contributed by atoms with Crippen LogP contribution in [0.4, 0.5) is 0 Å². The van der Waals surface area contributed by atoms with Crippen LogP contribution in [0, 0.1) is 0 Å². The molecule has 0 bridgehead atoms. The van der Waals surface area contributed by atoms with Crippen molar-refractivity contribution in [2.24, 2.45) is 0 Å². The second-order valence-electron chi connectivity index (χ2n) is 2.00. The van der Waals surface area contributed by atoms with E-state index in [0.29, 0.717) is 0 Å². The number of nitrogens with one attached hydrogen (secondary N) is 1. The molecule has 0 radical (unpaired) electrons. The Balaban J connectivity index is 2.55. The number of hydrogen-bond donors (Lipinski definition) is 1. The lowest BCUT2D eigenvalue weighted by atomic mass is 10.1. The average molecular weight is 121 g/mol. The molecule has 0 amide bonds. The van der Waals surface area contributed by atoms with Gasteiger partial charge in [-0.25, -0.2) is 0 Å². The first-order valence-electron chi connectivity index (χ1n) is 3.13. The average Bonchev–Trinajstić information content (AvgIpc) is 1.91. The summed E-state index contributed by atoms with van der Waals surface area (Å²) in [6, 6.07) is 0. The molecule has 0 saturated heterocycles. The van der Waals surface area contributed by atoms with Crippen molar-refractivity contribution in [2.75, 3.05) is 7.05 Å². The molecule has 1 aliphatic carbocycles. The fraction of sp³-hybridized carbons (Fsp3) is 0.250. The first-order valence-corrected chi connectivity index (χ1v) is 3.13. The minimum atomic E-state index is 1.05. The van der Waals surface area contributed by atoms with E-state index in [4.69, 9.17) is 0 Å². The molecule has 0 aromatic carbocycles. The van der Waals surface area contributed by atoms with Crippen LogP contribution in [0.2, 0.25) is 0 Å². The highest BCUT2D eigenvalue weighted by Crippen LogP contribution is 2.07. The van der Waals surface area contributed by atoms with Gasteiger partial charge in [-0.2, -0.15) is 0 Å². The van der Waals surface area contributed by atoms with Crippen LogP contribution in [0.15, 0.2) is 36.1 Å². The molecule has 0 aromatic heterocycles. The number of rotatable bonds is 1. The highest BCUT2D eigenvalue weighted by Gasteiger charge is 1.89. The second-order valence-corrected chi connectivity index (χ2v) is 2.00. The van der Waals surface area contributed by atoms with E-state index < -0.39 is 0 Å². The zero-order chi connectivity index (χ0) is 6.53. The molecule has 0 aromatic rings. The predicted octanol–water partition coefficient (Wildman–Crippen LogP) is 1.61. The van der Waals surface area contributed by atoms with Gasteiger partial charge in [-0.05, 0) is 18.2 Å². The molecule has 48 valence electrons. The van der Waals surface area contributed by atoms with Crippen molar-refractivity contribution in [3.8, 4) is 0 Å². The van der Waals surface area contributed by atoms with Crippen molar-refractivity contribution in [1.29, 1.82) is 0 Å². The van der Waals surface area contributed by atoms with Gasteiger partial charge in [-0.1, -0.05) is 24.3 Å². The van der Waals surface area contributed by atoms with Gasteiger partial charge in [0, 0.05) is 7.05 Å². The van der Waals surface area contributed by atoms with Crippen LogP contribution in [0.1, 0.15) is 6.42 Å². The zero-order valence-electron chi connectivity index (χ0n) is 5.59. The lowest BCUT2D eigenvalue weighted by Gasteiger charge is -1.99. The molecule has 0 heterocycles. The van der Waals surface area contributed by atoms with Crippen molar-refractivity contribution in [1.82, 2.24) is 5.32 Å². The summed E-state index contributed by atoms with van der Waals surface area (Å²) in [5.41, 5.74) is 1.33.